The van der Waals surface area contributed by atoms with Crippen molar-refractivity contribution in [2.24, 2.45) is 0 Å². The summed E-state index contributed by atoms with van der Waals surface area (Å²) < 4.78 is 4.79. The maximum Gasteiger partial charge on any atom is 0.317 e. The van der Waals surface area contributed by atoms with E-state index in [4.69, 9.17) is 15.1 Å². The Hall–Kier alpha value is -2.86. The molecule has 0 radical (unpaired) electrons. The van der Waals surface area contributed by atoms with Crippen molar-refractivity contribution in [2.75, 3.05) is 13.7 Å². The average Bonchev–Trinajstić information content (AvgIpc) is 2.39. The number of hydrogen-bond donors (Lipinski definition) is 3. The van der Waals surface area contributed by atoms with Crippen molar-refractivity contribution in [2.45, 2.75) is 6.04 Å². The highest BCUT2D eigenvalue weighted by atomic mass is 16.6. The number of aliphatic carboxylic acids is 1. The van der Waals surface area contributed by atoms with Gasteiger partial charge in [-0.25, -0.2) is 0 Å². The number of nitrogens with zero attached hydrogens (tertiary/aromatic N) is 2. The maximum atomic E-state index is 10.8. The standard InChI is InChI=1S/C11H11N3O6/c1-20-9-3-6(2-8(11(9)17)14(18)19)7(4-12)13-5-10(15)16/h2-3,7,13,17H,5H2,1H3,(H,15,16). The molecule has 0 bridgehead atoms. The molecular formula is C11H11N3O6. The van der Waals surface area contributed by atoms with Gasteiger partial charge in [0.1, 0.15) is 6.04 Å². The van der Waals surface area contributed by atoms with E-state index in [1.807, 2.05) is 0 Å². The number of carbonyl (C=O) groups is 1. The molecule has 0 saturated carbocycles. The number of aromatic hydroxyl groups is 1. The minimum atomic E-state index is -1.18. The minimum absolute atomic E-state index is 0.120. The van der Waals surface area contributed by atoms with E-state index in [-0.39, 0.29) is 11.3 Å². The van der Waals surface area contributed by atoms with Crippen LogP contribution in [0, 0.1) is 21.4 Å². The van der Waals surface area contributed by atoms with Crippen molar-refractivity contribution >= 4 is 11.7 Å². The van der Waals surface area contributed by atoms with Crippen molar-refractivity contribution in [3.8, 4) is 17.6 Å². The molecule has 9 nitrogen and oxygen atoms in total. The van der Waals surface area contributed by atoms with Crippen LogP contribution < -0.4 is 10.1 Å². The summed E-state index contributed by atoms with van der Waals surface area (Å²) in [6.45, 7) is -0.491. The monoisotopic (exact) mass is 281 g/mol. The van der Waals surface area contributed by atoms with Gasteiger partial charge in [0.2, 0.25) is 5.75 Å². The van der Waals surface area contributed by atoms with Gasteiger partial charge in [0.15, 0.2) is 5.75 Å². The minimum Gasteiger partial charge on any atom is -0.500 e. The van der Waals surface area contributed by atoms with Gasteiger partial charge in [0.05, 0.1) is 24.6 Å². The number of methoxy groups -OCH3 is 1. The van der Waals surface area contributed by atoms with Crippen LogP contribution in [-0.4, -0.2) is 34.8 Å². The predicted molar refractivity (Wildman–Crippen MR) is 65.3 cm³/mol. The Labute approximate surface area is 113 Å². The van der Waals surface area contributed by atoms with E-state index in [0.717, 1.165) is 6.07 Å². The lowest BCUT2D eigenvalue weighted by Gasteiger charge is -2.12. The highest BCUT2D eigenvalue weighted by molar-refractivity contribution is 5.69. The first kappa shape index (κ1) is 15.2. The summed E-state index contributed by atoms with van der Waals surface area (Å²) >= 11 is 0. The molecule has 0 aliphatic heterocycles. The molecule has 0 saturated heterocycles. The van der Waals surface area contributed by atoms with E-state index >= 15 is 0 Å². The van der Waals surface area contributed by atoms with E-state index < -0.39 is 34.9 Å². The van der Waals surface area contributed by atoms with E-state index in [2.05, 4.69) is 5.32 Å². The van der Waals surface area contributed by atoms with Crippen LogP contribution in [0.3, 0.4) is 0 Å². The Morgan fingerprint density at radius 3 is 2.75 bits per heavy atom. The number of phenols is 1. The van der Waals surface area contributed by atoms with E-state index in [0.29, 0.717) is 0 Å². The number of carboxylic acid groups (broad SMARTS) is 1. The molecule has 0 fully saturated rings. The van der Waals surface area contributed by atoms with Crippen molar-refractivity contribution in [3.63, 3.8) is 0 Å². The van der Waals surface area contributed by atoms with Crippen LogP contribution >= 0.6 is 0 Å². The van der Waals surface area contributed by atoms with Gasteiger partial charge >= 0.3 is 11.7 Å². The van der Waals surface area contributed by atoms with Gasteiger partial charge in [-0.3, -0.25) is 20.2 Å². The largest absolute Gasteiger partial charge is 0.500 e. The molecule has 0 aliphatic carbocycles. The van der Waals surface area contributed by atoms with Crippen LogP contribution in [0.2, 0.25) is 0 Å². The summed E-state index contributed by atoms with van der Waals surface area (Å²) in [5.41, 5.74) is -0.508. The number of rotatable bonds is 6. The molecule has 0 aliphatic rings. The number of benzene rings is 1. The van der Waals surface area contributed by atoms with Crippen molar-refractivity contribution in [1.29, 1.82) is 5.26 Å². The number of nitro groups is 1. The average molecular weight is 281 g/mol. The van der Waals surface area contributed by atoms with E-state index in [1.165, 1.54) is 13.2 Å². The fourth-order valence-electron chi connectivity index (χ4n) is 1.50. The number of nitrogens with one attached hydrogen (secondary N) is 1. The third-order valence-corrected chi connectivity index (χ3v) is 2.41. The number of ether oxygens (including phenoxy) is 1. The molecule has 1 rings (SSSR count). The molecule has 1 unspecified atom stereocenters. The molecular weight excluding hydrogens is 270 g/mol. The van der Waals surface area contributed by atoms with Crippen molar-refractivity contribution in [1.82, 2.24) is 5.32 Å². The zero-order valence-corrected chi connectivity index (χ0v) is 10.4. The van der Waals surface area contributed by atoms with Crippen LogP contribution in [0.4, 0.5) is 5.69 Å². The lowest BCUT2D eigenvalue weighted by Crippen LogP contribution is -2.26. The summed E-state index contributed by atoms with van der Waals surface area (Å²) in [4.78, 5) is 20.4. The van der Waals surface area contributed by atoms with Gasteiger partial charge in [-0.15, -0.1) is 0 Å². The molecule has 1 aromatic rings. The van der Waals surface area contributed by atoms with Gasteiger partial charge in [-0.05, 0) is 11.6 Å². The molecule has 9 heteroatoms. The summed E-state index contributed by atoms with van der Waals surface area (Å²) in [5.74, 6) is -2.01. The van der Waals surface area contributed by atoms with Gasteiger partial charge in [-0.2, -0.15) is 5.26 Å². The number of phenolic OH excluding ortho intramolecular Hbond substituents is 1. The van der Waals surface area contributed by atoms with Crippen LogP contribution in [0.15, 0.2) is 12.1 Å². The highest BCUT2D eigenvalue weighted by Gasteiger charge is 2.23. The molecule has 106 valence electrons. The normalized spacial score (nSPS) is 11.4. The molecule has 20 heavy (non-hydrogen) atoms. The molecule has 0 amide bonds. The zero-order chi connectivity index (χ0) is 15.3. The number of carboxylic acids is 1. The van der Waals surface area contributed by atoms with Gasteiger partial charge in [-0.1, -0.05) is 0 Å². The number of nitro benzene ring substituents is 1. The Morgan fingerprint density at radius 2 is 2.30 bits per heavy atom. The number of nitriles is 1. The maximum absolute atomic E-state index is 10.8. The summed E-state index contributed by atoms with van der Waals surface area (Å²) in [7, 11) is 1.20. The molecule has 3 N–H and O–H groups in total. The van der Waals surface area contributed by atoms with Crippen LogP contribution in [0.25, 0.3) is 0 Å². The van der Waals surface area contributed by atoms with Gasteiger partial charge in [0, 0.05) is 6.07 Å². The fraction of sp³-hybridized carbons (Fsp3) is 0.273. The summed E-state index contributed by atoms with van der Waals surface area (Å²) in [6, 6.07) is 2.91. The Morgan fingerprint density at radius 1 is 1.65 bits per heavy atom. The third-order valence-electron chi connectivity index (χ3n) is 2.41. The molecule has 1 atom stereocenters. The van der Waals surface area contributed by atoms with Crippen LogP contribution in [-0.2, 0) is 4.79 Å². The van der Waals surface area contributed by atoms with Gasteiger partial charge in [0.25, 0.3) is 0 Å². The summed E-state index contributed by atoms with van der Waals surface area (Å²) in [6.07, 6.45) is 0. The first-order chi connectivity index (χ1) is 9.40. The molecule has 1 aromatic carbocycles. The fourth-order valence-corrected chi connectivity index (χ4v) is 1.50. The summed E-state index contributed by atoms with van der Waals surface area (Å²) in [5, 5.41) is 40.3. The quantitative estimate of drug-likeness (QED) is 0.506. The van der Waals surface area contributed by atoms with Crippen molar-refractivity contribution in [3.05, 3.63) is 27.8 Å². The molecule has 0 aromatic heterocycles. The van der Waals surface area contributed by atoms with E-state index in [9.17, 15) is 20.0 Å². The van der Waals surface area contributed by atoms with E-state index in [1.54, 1.807) is 6.07 Å². The topological polar surface area (TPSA) is 146 Å². The second-order valence-electron chi connectivity index (χ2n) is 3.68. The molecule has 0 heterocycles. The van der Waals surface area contributed by atoms with Crippen molar-refractivity contribution < 1.29 is 24.7 Å². The van der Waals surface area contributed by atoms with Crippen LogP contribution in [0.5, 0.6) is 11.5 Å². The second-order valence-corrected chi connectivity index (χ2v) is 3.68. The molecule has 0 spiro atoms. The highest BCUT2D eigenvalue weighted by Crippen LogP contribution is 2.38. The first-order valence-corrected chi connectivity index (χ1v) is 5.30. The smallest absolute Gasteiger partial charge is 0.317 e. The zero-order valence-electron chi connectivity index (χ0n) is 10.4. The Bertz CT molecular complexity index is 580. The second kappa shape index (κ2) is 6.35. The lowest BCUT2D eigenvalue weighted by molar-refractivity contribution is -0.386. The SMILES string of the molecule is COc1cc(C(C#N)NCC(=O)O)cc([N+](=O)[O-])c1O. The lowest BCUT2D eigenvalue weighted by atomic mass is 10.1. The first-order valence-electron chi connectivity index (χ1n) is 5.30. The predicted octanol–water partition coefficient (Wildman–Crippen LogP) is 0.548. The van der Waals surface area contributed by atoms with Crippen LogP contribution in [0.1, 0.15) is 11.6 Å². The van der Waals surface area contributed by atoms with Gasteiger partial charge < -0.3 is 14.9 Å². The third kappa shape index (κ3) is 3.33. The Kier molecular flexibility index (Phi) is 4.82. The Balaban J connectivity index is 3.22. The number of hydrogen-bond acceptors (Lipinski definition) is 7.